The van der Waals surface area contributed by atoms with E-state index in [4.69, 9.17) is 14.2 Å². The molecule has 0 aliphatic carbocycles. The first-order valence-electron chi connectivity index (χ1n) is 11.6. The fraction of sp³-hybridized carbons (Fsp3) is 0.103. The van der Waals surface area contributed by atoms with Crippen LogP contribution in [0.5, 0.6) is 17.2 Å². The quantitative estimate of drug-likeness (QED) is 0.276. The van der Waals surface area contributed by atoms with E-state index in [2.05, 4.69) is 10.6 Å². The molecule has 4 aromatic rings. The first-order chi connectivity index (χ1) is 18.1. The van der Waals surface area contributed by atoms with E-state index in [-0.39, 0.29) is 18.6 Å². The highest BCUT2D eigenvalue weighted by Gasteiger charge is 2.23. The largest absolute Gasteiger partial charge is 0.497 e. The molecule has 37 heavy (non-hydrogen) atoms. The Morgan fingerprint density at radius 3 is 2.24 bits per heavy atom. The number of carbonyl (C=O) groups is 2. The van der Waals surface area contributed by atoms with Crippen LogP contribution in [-0.4, -0.2) is 25.7 Å². The smallest absolute Gasteiger partial charge is 0.255 e. The maximum absolute atomic E-state index is 13.4. The summed E-state index contributed by atoms with van der Waals surface area (Å²) in [5.41, 5.74) is 2.70. The highest BCUT2D eigenvalue weighted by Crippen LogP contribution is 2.38. The molecule has 5 rings (SSSR count). The first kappa shape index (κ1) is 24.3. The van der Waals surface area contributed by atoms with Crippen molar-refractivity contribution in [2.45, 2.75) is 10.1 Å². The molecule has 0 spiro atoms. The molecule has 1 aliphatic heterocycles. The topological polar surface area (TPSA) is 85.9 Å². The predicted octanol–water partition coefficient (Wildman–Crippen LogP) is 6.15. The second kappa shape index (κ2) is 11.1. The minimum Gasteiger partial charge on any atom is -0.497 e. The number of carbonyl (C=O) groups excluding carboxylic acids is 2. The van der Waals surface area contributed by atoms with Crippen molar-refractivity contribution < 1.29 is 23.8 Å². The molecule has 0 aromatic heterocycles. The van der Waals surface area contributed by atoms with Crippen LogP contribution in [0.1, 0.15) is 21.2 Å². The number of hydrogen-bond donors (Lipinski definition) is 2. The van der Waals surface area contributed by atoms with Gasteiger partial charge in [0, 0.05) is 27.9 Å². The SMILES string of the molecule is COc1ccc(C(=O)Nc2ccc(SC(C(=O)Nc3ccc4c(c3)OCO4)c3ccccc3)cc2)cc1. The molecule has 7 nitrogen and oxygen atoms in total. The number of fused-ring (bicyclic) bond motifs is 1. The van der Waals surface area contributed by atoms with Crippen molar-refractivity contribution in [3.05, 3.63) is 108 Å². The van der Waals surface area contributed by atoms with Gasteiger partial charge in [-0.1, -0.05) is 30.3 Å². The lowest BCUT2D eigenvalue weighted by molar-refractivity contribution is -0.115. The number of rotatable bonds is 8. The second-order valence-electron chi connectivity index (χ2n) is 8.17. The van der Waals surface area contributed by atoms with Crippen molar-refractivity contribution in [3.8, 4) is 17.2 Å². The fourth-order valence-corrected chi connectivity index (χ4v) is 4.81. The minimum atomic E-state index is -0.494. The molecule has 0 radical (unpaired) electrons. The van der Waals surface area contributed by atoms with Gasteiger partial charge in [0.15, 0.2) is 11.5 Å². The van der Waals surface area contributed by atoms with E-state index in [0.29, 0.717) is 34.2 Å². The van der Waals surface area contributed by atoms with E-state index >= 15 is 0 Å². The Labute approximate surface area is 218 Å². The van der Waals surface area contributed by atoms with Crippen LogP contribution < -0.4 is 24.8 Å². The summed E-state index contributed by atoms with van der Waals surface area (Å²) in [6.45, 7) is 0.172. The van der Waals surface area contributed by atoms with Crippen LogP contribution in [0.25, 0.3) is 0 Å². The van der Waals surface area contributed by atoms with Crippen molar-refractivity contribution in [2.24, 2.45) is 0 Å². The van der Waals surface area contributed by atoms with Gasteiger partial charge in [-0.3, -0.25) is 9.59 Å². The van der Waals surface area contributed by atoms with E-state index in [1.54, 1.807) is 49.6 Å². The molecule has 2 N–H and O–H groups in total. The molecule has 1 heterocycles. The van der Waals surface area contributed by atoms with Gasteiger partial charge >= 0.3 is 0 Å². The first-order valence-corrected chi connectivity index (χ1v) is 12.4. The summed E-state index contributed by atoms with van der Waals surface area (Å²) in [5, 5.41) is 5.39. The van der Waals surface area contributed by atoms with Gasteiger partial charge in [0.25, 0.3) is 5.91 Å². The van der Waals surface area contributed by atoms with Gasteiger partial charge in [0.2, 0.25) is 12.7 Å². The van der Waals surface area contributed by atoms with Crippen LogP contribution in [0, 0.1) is 0 Å². The average molecular weight is 513 g/mol. The zero-order valence-corrected chi connectivity index (χ0v) is 20.8. The summed E-state index contributed by atoms with van der Waals surface area (Å²) in [6, 6.07) is 29.3. The van der Waals surface area contributed by atoms with Crippen LogP contribution in [0.2, 0.25) is 0 Å². The lowest BCUT2D eigenvalue weighted by Gasteiger charge is -2.17. The van der Waals surface area contributed by atoms with E-state index in [9.17, 15) is 9.59 Å². The van der Waals surface area contributed by atoms with Crippen LogP contribution in [0.3, 0.4) is 0 Å². The van der Waals surface area contributed by atoms with Gasteiger partial charge in [-0.05, 0) is 66.2 Å². The lowest BCUT2D eigenvalue weighted by Crippen LogP contribution is -2.19. The van der Waals surface area contributed by atoms with Crippen LogP contribution in [0.15, 0.2) is 102 Å². The van der Waals surface area contributed by atoms with Crippen molar-refractivity contribution >= 4 is 35.0 Å². The lowest BCUT2D eigenvalue weighted by atomic mass is 10.1. The van der Waals surface area contributed by atoms with Crippen molar-refractivity contribution in [3.63, 3.8) is 0 Å². The fourth-order valence-electron chi connectivity index (χ4n) is 3.78. The summed E-state index contributed by atoms with van der Waals surface area (Å²) in [5.74, 6) is 1.58. The number of hydrogen-bond acceptors (Lipinski definition) is 6. The molecular weight excluding hydrogens is 488 g/mol. The molecular formula is C29H24N2O5S. The molecule has 8 heteroatoms. The monoisotopic (exact) mass is 512 g/mol. The number of amides is 2. The molecule has 0 fully saturated rings. The third-order valence-electron chi connectivity index (χ3n) is 5.70. The third kappa shape index (κ3) is 5.87. The molecule has 186 valence electrons. The molecule has 1 unspecified atom stereocenters. The van der Waals surface area contributed by atoms with Gasteiger partial charge in [0.1, 0.15) is 11.0 Å². The van der Waals surface area contributed by atoms with Crippen molar-refractivity contribution in [1.29, 1.82) is 0 Å². The van der Waals surface area contributed by atoms with Crippen molar-refractivity contribution in [2.75, 3.05) is 24.5 Å². The Balaban J connectivity index is 1.28. The summed E-state index contributed by atoms with van der Waals surface area (Å²) < 4.78 is 15.9. The van der Waals surface area contributed by atoms with Gasteiger partial charge in [-0.2, -0.15) is 0 Å². The standard InChI is InChI=1S/C29H24N2O5S/c1-34-23-12-7-20(8-13-23)28(32)30-21-9-14-24(15-10-21)37-27(19-5-3-2-4-6-19)29(33)31-22-11-16-25-26(17-22)36-18-35-25/h2-17,27H,18H2,1H3,(H,30,32)(H,31,33). The number of nitrogens with one attached hydrogen (secondary N) is 2. The predicted molar refractivity (Wildman–Crippen MR) is 144 cm³/mol. The van der Waals surface area contributed by atoms with Crippen LogP contribution >= 0.6 is 11.8 Å². The van der Waals surface area contributed by atoms with E-state index in [1.807, 2.05) is 54.6 Å². The van der Waals surface area contributed by atoms with Crippen LogP contribution in [-0.2, 0) is 4.79 Å². The highest BCUT2D eigenvalue weighted by atomic mass is 32.2. The van der Waals surface area contributed by atoms with E-state index in [1.165, 1.54) is 11.8 Å². The number of anilines is 2. The highest BCUT2D eigenvalue weighted by molar-refractivity contribution is 8.00. The van der Waals surface area contributed by atoms with E-state index in [0.717, 1.165) is 10.5 Å². The maximum Gasteiger partial charge on any atom is 0.255 e. The zero-order valence-electron chi connectivity index (χ0n) is 20.0. The number of thioether (sulfide) groups is 1. The summed E-state index contributed by atoms with van der Waals surface area (Å²) in [7, 11) is 1.58. The third-order valence-corrected chi connectivity index (χ3v) is 6.97. The minimum absolute atomic E-state index is 0.160. The Morgan fingerprint density at radius 2 is 1.51 bits per heavy atom. The van der Waals surface area contributed by atoms with Gasteiger partial charge in [-0.25, -0.2) is 0 Å². The number of ether oxygens (including phenoxy) is 3. The molecule has 1 aliphatic rings. The Bertz CT molecular complexity index is 1390. The Kier molecular flexibility index (Phi) is 7.28. The normalized spacial score (nSPS) is 12.5. The zero-order chi connectivity index (χ0) is 25.6. The van der Waals surface area contributed by atoms with Gasteiger partial charge < -0.3 is 24.8 Å². The Hall–Kier alpha value is -4.43. The van der Waals surface area contributed by atoms with Crippen LogP contribution in [0.4, 0.5) is 11.4 Å². The number of benzene rings is 4. The summed E-state index contributed by atoms with van der Waals surface area (Å²) in [4.78, 5) is 26.8. The molecule has 0 saturated carbocycles. The Morgan fingerprint density at radius 1 is 0.811 bits per heavy atom. The van der Waals surface area contributed by atoms with Gasteiger partial charge in [0.05, 0.1) is 7.11 Å². The molecule has 0 bridgehead atoms. The molecule has 0 saturated heterocycles. The summed E-state index contributed by atoms with van der Waals surface area (Å²) in [6.07, 6.45) is 0. The average Bonchev–Trinajstić information content (AvgIpc) is 3.41. The van der Waals surface area contributed by atoms with E-state index < -0.39 is 5.25 Å². The number of methoxy groups -OCH3 is 1. The maximum atomic E-state index is 13.4. The summed E-state index contributed by atoms with van der Waals surface area (Å²) >= 11 is 1.43. The molecule has 2 amide bonds. The van der Waals surface area contributed by atoms with Crippen molar-refractivity contribution in [1.82, 2.24) is 0 Å². The molecule has 4 aromatic carbocycles. The van der Waals surface area contributed by atoms with Gasteiger partial charge in [-0.15, -0.1) is 11.8 Å². The molecule has 1 atom stereocenters. The second-order valence-corrected chi connectivity index (χ2v) is 9.35.